The van der Waals surface area contributed by atoms with Crippen LogP contribution in [0.5, 0.6) is 0 Å². The molecule has 0 bridgehead atoms. The molecule has 0 unspecified atom stereocenters. The standard InChI is InChI=1S/C9H11N3O2S2/c1-12-5-4-8(11-12)7-10-16(13,14)9-3-2-6-15-9/h2-6,10H,7H2,1H3. The predicted octanol–water partition coefficient (Wildman–Crippen LogP) is 0.960. The molecular formula is C9H11N3O2S2. The largest absolute Gasteiger partial charge is 0.276 e. The van der Waals surface area contributed by atoms with E-state index < -0.39 is 10.0 Å². The second kappa shape index (κ2) is 4.36. The van der Waals surface area contributed by atoms with Crippen molar-refractivity contribution in [1.29, 1.82) is 0 Å². The van der Waals surface area contributed by atoms with Crippen LogP contribution < -0.4 is 4.72 Å². The van der Waals surface area contributed by atoms with Crippen molar-refractivity contribution in [1.82, 2.24) is 14.5 Å². The Morgan fingerprint density at radius 1 is 1.50 bits per heavy atom. The number of nitrogens with zero attached hydrogens (tertiary/aromatic N) is 2. The Labute approximate surface area is 97.8 Å². The summed E-state index contributed by atoms with van der Waals surface area (Å²) in [5.74, 6) is 0. The highest BCUT2D eigenvalue weighted by molar-refractivity contribution is 7.91. The minimum atomic E-state index is -3.39. The summed E-state index contributed by atoms with van der Waals surface area (Å²) in [5.41, 5.74) is 0.697. The Morgan fingerprint density at radius 2 is 2.31 bits per heavy atom. The van der Waals surface area contributed by atoms with Crippen molar-refractivity contribution in [2.75, 3.05) is 0 Å². The van der Waals surface area contributed by atoms with Crippen LogP contribution in [0, 0.1) is 0 Å². The molecule has 86 valence electrons. The lowest BCUT2D eigenvalue weighted by molar-refractivity contribution is 0.581. The van der Waals surface area contributed by atoms with Gasteiger partial charge in [0, 0.05) is 13.2 Å². The van der Waals surface area contributed by atoms with E-state index in [1.54, 1.807) is 41.5 Å². The monoisotopic (exact) mass is 257 g/mol. The molecule has 0 aromatic carbocycles. The summed E-state index contributed by atoms with van der Waals surface area (Å²) in [6, 6.07) is 5.06. The van der Waals surface area contributed by atoms with Gasteiger partial charge in [0.25, 0.3) is 0 Å². The second-order valence-corrected chi connectivity index (χ2v) is 6.18. The number of rotatable bonds is 4. The summed E-state index contributed by atoms with van der Waals surface area (Å²) < 4.78 is 27.9. The number of hydrogen-bond acceptors (Lipinski definition) is 4. The van der Waals surface area contributed by atoms with Gasteiger partial charge in [-0.3, -0.25) is 4.68 Å². The Hall–Kier alpha value is -1.18. The summed E-state index contributed by atoms with van der Waals surface area (Å²) in [4.78, 5) is 0. The first kappa shape index (κ1) is 11.3. The molecule has 0 atom stereocenters. The number of hydrogen-bond donors (Lipinski definition) is 1. The van der Waals surface area contributed by atoms with Gasteiger partial charge in [-0.1, -0.05) is 6.07 Å². The topological polar surface area (TPSA) is 64.0 Å². The smallest absolute Gasteiger partial charge is 0.250 e. The van der Waals surface area contributed by atoms with Crippen molar-refractivity contribution in [2.45, 2.75) is 10.8 Å². The molecule has 16 heavy (non-hydrogen) atoms. The molecule has 1 N–H and O–H groups in total. The number of aryl methyl sites for hydroxylation is 1. The van der Waals surface area contributed by atoms with Crippen LogP contribution in [0.3, 0.4) is 0 Å². The first-order valence-electron chi connectivity index (χ1n) is 4.59. The molecule has 2 aromatic rings. The third kappa shape index (κ3) is 2.49. The van der Waals surface area contributed by atoms with Gasteiger partial charge in [-0.05, 0) is 17.5 Å². The lowest BCUT2D eigenvalue weighted by Crippen LogP contribution is -2.22. The first-order chi connectivity index (χ1) is 7.58. The normalized spacial score (nSPS) is 11.8. The number of thiophene rings is 1. The van der Waals surface area contributed by atoms with E-state index in [-0.39, 0.29) is 6.54 Å². The summed E-state index contributed by atoms with van der Waals surface area (Å²) in [5, 5.41) is 5.82. The lowest BCUT2D eigenvalue weighted by atomic mass is 10.4. The molecule has 0 saturated heterocycles. The molecule has 7 heteroatoms. The van der Waals surface area contributed by atoms with Crippen LogP contribution in [0.4, 0.5) is 0 Å². The minimum Gasteiger partial charge on any atom is -0.276 e. The molecule has 0 spiro atoms. The molecule has 2 heterocycles. The van der Waals surface area contributed by atoms with Crippen LogP contribution in [0.1, 0.15) is 5.69 Å². The van der Waals surface area contributed by atoms with E-state index in [0.29, 0.717) is 9.90 Å². The van der Waals surface area contributed by atoms with Crippen LogP contribution in [-0.4, -0.2) is 18.2 Å². The fourth-order valence-electron chi connectivity index (χ4n) is 1.21. The highest BCUT2D eigenvalue weighted by atomic mass is 32.2. The second-order valence-electron chi connectivity index (χ2n) is 3.24. The van der Waals surface area contributed by atoms with Crippen molar-refractivity contribution in [3.8, 4) is 0 Å². The van der Waals surface area contributed by atoms with Crippen molar-refractivity contribution < 1.29 is 8.42 Å². The van der Waals surface area contributed by atoms with Crippen molar-refractivity contribution in [3.05, 3.63) is 35.5 Å². The Kier molecular flexibility index (Phi) is 3.08. The van der Waals surface area contributed by atoms with E-state index in [1.807, 2.05) is 0 Å². The van der Waals surface area contributed by atoms with Crippen LogP contribution >= 0.6 is 11.3 Å². The van der Waals surface area contributed by atoms with Gasteiger partial charge in [-0.15, -0.1) is 11.3 Å². The average molecular weight is 257 g/mol. The molecule has 0 radical (unpaired) electrons. The minimum absolute atomic E-state index is 0.209. The molecule has 0 aliphatic rings. The number of aromatic nitrogens is 2. The number of sulfonamides is 1. The zero-order chi connectivity index (χ0) is 11.6. The zero-order valence-corrected chi connectivity index (χ0v) is 10.3. The maximum Gasteiger partial charge on any atom is 0.250 e. The maximum absolute atomic E-state index is 11.7. The lowest BCUT2D eigenvalue weighted by Gasteiger charge is -2.01. The van der Waals surface area contributed by atoms with Crippen LogP contribution in [0.15, 0.2) is 34.0 Å². The average Bonchev–Trinajstić information content (AvgIpc) is 2.85. The van der Waals surface area contributed by atoms with Crippen molar-refractivity contribution >= 4 is 21.4 Å². The van der Waals surface area contributed by atoms with Crippen molar-refractivity contribution in [3.63, 3.8) is 0 Å². The van der Waals surface area contributed by atoms with Gasteiger partial charge in [-0.2, -0.15) is 5.10 Å². The van der Waals surface area contributed by atoms with Crippen LogP contribution in [0.25, 0.3) is 0 Å². The van der Waals surface area contributed by atoms with Gasteiger partial charge in [-0.25, -0.2) is 13.1 Å². The van der Waals surface area contributed by atoms with Gasteiger partial charge in [0.2, 0.25) is 10.0 Å². The van der Waals surface area contributed by atoms with E-state index in [9.17, 15) is 8.42 Å². The van der Waals surface area contributed by atoms with E-state index >= 15 is 0 Å². The quantitative estimate of drug-likeness (QED) is 0.887. The van der Waals surface area contributed by atoms with Crippen LogP contribution in [-0.2, 0) is 23.6 Å². The third-order valence-electron chi connectivity index (χ3n) is 1.97. The molecule has 0 aliphatic carbocycles. The van der Waals surface area contributed by atoms with Crippen LogP contribution in [0.2, 0.25) is 0 Å². The first-order valence-corrected chi connectivity index (χ1v) is 6.96. The van der Waals surface area contributed by atoms with E-state index in [4.69, 9.17) is 0 Å². The van der Waals surface area contributed by atoms with Gasteiger partial charge in [0.15, 0.2) is 0 Å². The molecule has 2 rings (SSSR count). The van der Waals surface area contributed by atoms with E-state index in [0.717, 1.165) is 0 Å². The Morgan fingerprint density at radius 3 is 2.88 bits per heavy atom. The van der Waals surface area contributed by atoms with Gasteiger partial charge in [0.1, 0.15) is 4.21 Å². The molecule has 0 fully saturated rings. The molecule has 0 amide bonds. The summed E-state index contributed by atoms with van der Waals surface area (Å²) in [6.45, 7) is 0.209. The molecule has 0 aliphatic heterocycles. The summed E-state index contributed by atoms with van der Waals surface area (Å²) >= 11 is 1.19. The Bertz CT molecular complexity index is 557. The van der Waals surface area contributed by atoms with Gasteiger partial charge in [0.05, 0.1) is 12.2 Å². The van der Waals surface area contributed by atoms with E-state index in [1.165, 1.54) is 11.3 Å². The zero-order valence-electron chi connectivity index (χ0n) is 8.62. The van der Waals surface area contributed by atoms with E-state index in [2.05, 4.69) is 9.82 Å². The van der Waals surface area contributed by atoms with Crippen molar-refractivity contribution in [2.24, 2.45) is 7.05 Å². The summed E-state index contributed by atoms with van der Waals surface area (Å²) in [7, 11) is -1.60. The molecular weight excluding hydrogens is 246 g/mol. The van der Waals surface area contributed by atoms with Gasteiger partial charge < -0.3 is 0 Å². The third-order valence-corrected chi connectivity index (χ3v) is 4.77. The molecule has 2 aromatic heterocycles. The SMILES string of the molecule is Cn1ccc(CNS(=O)(=O)c2cccs2)n1. The highest BCUT2D eigenvalue weighted by Gasteiger charge is 2.14. The fourth-order valence-corrected chi connectivity index (χ4v) is 3.25. The molecule has 5 nitrogen and oxygen atoms in total. The fraction of sp³-hybridized carbons (Fsp3) is 0.222. The summed E-state index contributed by atoms with van der Waals surface area (Å²) in [6.07, 6.45) is 1.77. The highest BCUT2D eigenvalue weighted by Crippen LogP contribution is 2.15. The molecule has 0 saturated carbocycles. The number of nitrogens with one attached hydrogen (secondary N) is 1. The van der Waals surface area contributed by atoms with Gasteiger partial charge >= 0.3 is 0 Å². The Balaban J connectivity index is 2.06. The maximum atomic E-state index is 11.7. The predicted molar refractivity (Wildman–Crippen MR) is 61.6 cm³/mol.